The summed E-state index contributed by atoms with van der Waals surface area (Å²) in [6.07, 6.45) is 2.13. The summed E-state index contributed by atoms with van der Waals surface area (Å²) < 4.78 is 0. The molecule has 1 aliphatic heterocycles. The predicted molar refractivity (Wildman–Crippen MR) is 59.4 cm³/mol. The first-order chi connectivity index (χ1) is 6.67. The van der Waals surface area contributed by atoms with Crippen molar-refractivity contribution in [2.75, 3.05) is 19.6 Å². The number of nitrogens with one attached hydrogen (secondary N) is 1. The Bertz CT molecular complexity index is 161. The summed E-state index contributed by atoms with van der Waals surface area (Å²) in [4.78, 5) is 2.43. The van der Waals surface area contributed by atoms with E-state index in [0.29, 0.717) is 12.1 Å². The maximum absolute atomic E-state index is 9.41. The molecular weight excluding hydrogens is 176 g/mol. The van der Waals surface area contributed by atoms with Crippen molar-refractivity contribution in [3.8, 4) is 0 Å². The van der Waals surface area contributed by atoms with Crippen LogP contribution in [-0.2, 0) is 0 Å². The Labute approximate surface area is 87.5 Å². The molecule has 0 aromatic heterocycles. The number of rotatable bonds is 4. The Morgan fingerprint density at radius 3 is 2.64 bits per heavy atom. The van der Waals surface area contributed by atoms with Crippen molar-refractivity contribution < 1.29 is 5.11 Å². The normalized spacial score (nSPS) is 31.7. The van der Waals surface area contributed by atoms with Crippen LogP contribution in [0.25, 0.3) is 0 Å². The third kappa shape index (κ3) is 3.23. The van der Waals surface area contributed by atoms with Gasteiger partial charge in [-0.2, -0.15) is 0 Å². The quantitative estimate of drug-likeness (QED) is 0.705. The van der Waals surface area contributed by atoms with Gasteiger partial charge in [-0.1, -0.05) is 13.8 Å². The fraction of sp³-hybridized carbons (Fsp3) is 1.00. The topological polar surface area (TPSA) is 35.5 Å². The highest BCUT2D eigenvalue weighted by molar-refractivity contribution is 4.85. The van der Waals surface area contributed by atoms with E-state index in [9.17, 15) is 5.11 Å². The molecule has 2 unspecified atom stereocenters. The summed E-state index contributed by atoms with van der Waals surface area (Å²) in [5.41, 5.74) is 0. The van der Waals surface area contributed by atoms with E-state index in [0.717, 1.165) is 26.1 Å². The number of hydrogen-bond donors (Lipinski definition) is 2. The molecule has 3 heteroatoms. The monoisotopic (exact) mass is 200 g/mol. The molecule has 0 bridgehead atoms. The molecule has 0 aliphatic carbocycles. The minimum Gasteiger partial charge on any atom is -0.392 e. The molecule has 3 nitrogen and oxygen atoms in total. The van der Waals surface area contributed by atoms with E-state index in [-0.39, 0.29) is 6.10 Å². The summed E-state index contributed by atoms with van der Waals surface area (Å²) in [6, 6.07) is 1.21. The Morgan fingerprint density at radius 1 is 1.43 bits per heavy atom. The minimum atomic E-state index is -0.209. The molecule has 0 aromatic carbocycles. The third-order valence-corrected chi connectivity index (χ3v) is 3.08. The van der Waals surface area contributed by atoms with E-state index in [4.69, 9.17) is 0 Å². The van der Waals surface area contributed by atoms with Gasteiger partial charge in [0.05, 0.1) is 6.10 Å². The number of hydrogen-bond acceptors (Lipinski definition) is 3. The molecule has 1 aliphatic rings. The molecule has 1 fully saturated rings. The largest absolute Gasteiger partial charge is 0.392 e. The maximum Gasteiger partial charge on any atom is 0.0639 e. The van der Waals surface area contributed by atoms with Gasteiger partial charge in [-0.05, 0) is 19.8 Å². The van der Waals surface area contributed by atoms with Gasteiger partial charge in [0.15, 0.2) is 0 Å². The van der Waals surface area contributed by atoms with Crippen LogP contribution in [-0.4, -0.2) is 47.8 Å². The zero-order valence-corrected chi connectivity index (χ0v) is 9.66. The summed E-state index contributed by atoms with van der Waals surface area (Å²) in [6.45, 7) is 9.27. The molecule has 1 heterocycles. The van der Waals surface area contributed by atoms with Crippen molar-refractivity contribution in [1.29, 1.82) is 0 Å². The molecule has 0 aromatic rings. The van der Waals surface area contributed by atoms with Crippen molar-refractivity contribution in [1.82, 2.24) is 10.2 Å². The van der Waals surface area contributed by atoms with Crippen molar-refractivity contribution in [2.24, 2.45) is 0 Å². The second-order valence-corrected chi connectivity index (χ2v) is 4.38. The van der Waals surface area contributed by atoms with E-state index in [1.54, 1.807) is 0 Å². The van der Waals surface area contributed by atoms with Gasteiger partial charge in [0, 0.05) is 31.7 Å². The molecule has 1 rings (SSSR count). The molecule has 2 N–H and O–H groups in total. The highest BCUT2D eigenvalue weighted by atomic mass is 16.3. The first-order valence-electron chi connectivity index (χ1n) is 5.82. The number of aliphatic hydroxyl groups excluding tert-OH is 1. The first-order valence-corrected chi connectivity index (χ1v) is 5.82. The molecule has 0 amide bonds. The molecule has 14 heavy (non-hydrogen) atoms. The van der Waals surface area contributed by atoms with E-state index >= 15 is 0 Å². The van der Waals surface area contributed by atoms with Crippen LogP contribution in [0.1, 0.15) is 33.6 Å². The van der Waals surface area contributed by atoms with Crippen LogP contribution in [0.5, 0.6) is 0 Å². The van der Waals surface area contributed by atoms with Gasteiger partial charge in [0.1, 0.15) is 0 Å². The molecule has 3 atom stereocenters. The fourth-order valence-electron chi connectivity index (χ4n) is 2.17. The van der Waals surface area contributed by atoms with E-state index in [1.165, 1.54) is 6.42 Å². The van der Waals surface area contributed by atoms with Gasteiger partial charge in [0.2, 0.25) is 0 Å². The first kappa shape index (κ1) is 12.0. The summed E-state index contributed by atoms with van der Waals surface area (Å²) >= 11 is 0. The van der Waals surface area contributed by atoms with Gasteiger partial charge in [0.25, 0.3) is 0 Å². The zero-order valence-electron chi connectivity index (χ0n) is 9.66. The van der Waals surface area contributed by atoms with Crippen molar-refractivity contribution in [3.05, 3.63) is 0 Å². The zero-order chi connectivity index (χ0) is 10.6. The van der Waals surface area contributed by atoms with Crippen molar-refractivity contribution >= 4 is 0 Å². The standard InChI is InChI=1S/C11H24N2O/c1-4-10-8-13(7-9(3)14)11(5-2)6-12-10/h9-12,14H,4-8H2,1-3H3/t9-,10?,11?/m1/s1. The molecule has 0 radical (unpaired) electrons. The lowest BCUT2D eigenvalue weighted by Crippen LogP contribution is -2.57. The van der Waals surface area contributed by atoms with Crippen LogP contribution in [0.2, 0.25) is 0 Å². The molecule has 1 saturated heterocycles. The van der Waals surface area contributed by atoms with Gasteiger partial charge in [-0.3, -0.25) is 4.90 Å². The molecular formula is C11H24N2O. The highest BCUT2D eigenvalue weighted by Crippen LogP contribution is 2.12. The van der Waals surface area contributed by atoms with E-state index in [1.807, 2.05) is 6.92 Å². The van der Waals surface area contributed by atoms with E-state index < -0.39 is 0 Å². The predicted octanol–water partition coefficient (Wildman–Crippen LogP) is 0.830. The minimum absolute atomic E-state index is 0.209. The van der Waals surface area contributed by atoms with Gasteiger partial charge < -0.3 is 10.4 Å². The second kappa shape index (κ2) is 5.69. The second-order valence-electron chi connectivity index (χ2n) is 4.38. The average molecular weight is 200 g/mol. The van der Waals surface area contributed by atoms with Crippen LogP contribution >= 0.6 is 0 Å². The van der Waals surface area contributed by atoms with Crippen molar-refractivity contribution in [2.45, 2.75) is 51.8 Å². The smallest absolute Gasteiger partial charge is 0.0639 e. The van der Waals surface area contributed by atoms with Crippen LogP contribution < -0.4 is 5.32 Å². The average Bonchev–Trinajstić information content (AvgIpc) is 2.16. The molecule has 84 valence electrons. The highest BCUT2D eigenvalue weighted by Gasteiger charge is 2.26. The van der Waals surface area contributed by atoms with Crippen LogP contribution in [0.4, 0.5) is 0 Å². The van der Waals surface area contributed by atoms with Gasteiger partial charge >= 0.3 is 0 Å². The van der Waals surface area contributed by atoms with Crippen LogP contribution in [0, 0.1) is 0 Å². The number of nitrogens with zero attached hydrogens (tertiary/aromatic N) is 1. The maximum atomic E-state index is 9.41. The van der Waals surface area contributed by atoms with Crippen LogP contribution in [0.3, 0.4) is 0 Å². The number of β-amino-alcohol motifs (C(OH)–C–C–N with tert-alkyl or cyclic N) is 1. The fourth-order valence-corrected chi connectivity index (χ4v) is 2.17. The Hall–Kier alpha value is -0.120. The van der Waals surface area contributed by atoms with Crippen molar-refractivity contribution in [3.63, 3.8) is 0 Å². The van der Waals surface area contributed by atoms with Crippen LogP contribution in [0.15, 0.2) is 0 Å². The third-order valence-electron chi connectivity index (χ3n) is 3.08. The Morgan fingerprint density at radius 2 is 2.14 bits per heavy atom. The SMILES string of the molecule is CCC1CN(C[C@@H](C)O)C(CC)CN1. The summed E-state index contributed by atoms with van der Waals surface area (Å²) in [7, 11) is 0. The lowest BCUT2D eigenvalue weighted by atomic mass is 10.0. The molecule has 0 spiro atoms. The summed E-state index contributed by atoms with van der Waals surface area (Å²) in [5, 5.41) is 13.0. The number of piperazine rings is 1. The lowest BCUT2D eigenvalue weighted by molar-refractivity contribution is 0.0658. The Kier molecular flexibility index (Phi) is 4.85. The van der Waals surface area contributed by atoms with Gasteiger partial charge in [-0.15, -0.1) is 0 Å². The summed E-state index contributed by atoms with van der Waals surface area (Å²) in [5.74, 6) is 0. The lowest BCUT2D eigenvalue weighted by Gasteiger charge is -2.40. The van der Waals surface area contributed by atoms with Gasteiger partial charge in [-0.25, -0.2) is 0 Å². The number of aliphatic hydroxyl groups is 1. The Balaban J connectivity index is 2.47. The van der Waals surface area contributed by atoms with E-state index in [2.05, 4.69) is 24.1 Å². The molecule has 0 saturated carbocycles.